The first-order chi connectivity index (χ1) is 9.69. The highest BCUT2D eigenvalue weighted by atomic mass is 16.5. The molecule has 2 aromatic rings. The van der Waals surface area contributed by atoms with Gasteiger partial charge < -0.3 is 14.6 Å². The van der Waals surface area contributed by atoms with Gasteiger partial charge in [-0.15, -0.1) is 0 Å². The van der Waals surface area contributed by atoms with Gasteiger partial charge in [-0.3, -0.25) is 0 Å². The SMILES string of the molecule is COc1ccc(-c2ccc3c(c2)CCO3)c(C(=O)O)c1. The second-order valence-corrected chi connectivity index (χ2v) is 4.64. The van der Waals surface area contributed by atoms with Gasteiger partial charge in [0.25, 0.3) is 0 Å². The van der Waals surface area contributed by atoms with E-state index in [0.717, 1.165) is 23.3 Å². The Balaban J connectivity index is 2.11. The Morgan fingerprint density at radius 3 is 2.85 bits per heavy atom. The number of methoxy groups -OCH3 is 1. The van der Waals surface area contributed by atoms with Gasteiger partial charge in [0, 0.05) is 6.42 Å². The highest BCUT2D eigenvalue weighted by Crippen LogP contribution is 2.33. The van der Waals surface area contributed by atoms with Gasteiger partial charge in [0.05, 0.1) is 19.3 Å². The van der Waals surface area contributed by atoms with Crippen LogP contribution >= 0.6 is 0 Å². The van der Waals surface area contributed by atoms with Gasteiger partial charge in [-0.1, -0.05) is 6.07 Å². The summed E-state index contributed by atoms with van der Waals surface area (Å²) in [5, 5.41) is 9.36. The molecule has 2 aromatic carbocycles. The lowest BCUT2D eigenvalue weighted by molar-refractivity contribution is 0.0697. The fraction of sp³-hybridized carbons (Fsp3) is 0.188. The maximum atomic E-state index is 11.4. The minimum absolute atomic E-state index is 0.239. The van der Waals surface area contributed by atoms with E-state index >= 15 is 0 Å². The molecule has 1 aliphatic rings. The molecule has 1 heterocycles. The number of hydrogen-bond donors (Lipinski definition) is 1. The van der Waals surface area contributed by atoms with Gasteiger partial charge in [-0.25, -0.2) is 4.79 Å². The summed E-state index contributed by atoms with van der Waals surface area (Å²) >= 11 is 0. The Morgan fingerprint density at radius 2 is 2.10 bits per heavy atom. The smallest absolute Gasteiger partial charge is 0.336 e. The molecule has 1 aliphatic heterocycles. The van der Waals surface area contributed by atoms with Crippen molar-refractivity contribution in [2.24, 2.45) is 0 Å². The minimum atomic E-state index is -0.962. The molecule has 0 saturated heterocycles. The summed E-state index contributed by atoms with van der Waals surface area (Å²) < 4.78 is 10.6. The van der Waals surface area contributed by atoms with Gasteiger partial charge in [-0.05, 0) is 47.0 Å². The van der Waals surface area contributed by atoms with Crippen LogP contribution in [-0.2, 0) is 6.42 Å². The normalized spacial score (nSPS) is 12.7. The van der Waals surface area contributed by atoms with E-state index in [9.17, 15) is 9.90 Å². The molecule has 0 aliphatic carbocycles. The van der Waals surface area contributed by atoms with Gasteiger partial charge in [-0.2, -0.15) is 0 Å². The molecule has 20 heavy (non-hydrogen) atoms. The van der Waals surface area contributed by atoms with E-state index in [1.165, 1.54) is 7.11 Å². The lowest BCUT2D eigenvalue weighted by atomic mass is 9.97. The summed E-state index contributed by atoms with van der Waals surface area (Å²) in [5.41, 5.74) is 2.93. The first-order valence-corrected chi connectivity index (χ1v) is 6.36. The zero-order valence-electron chi connectivity index (χ0n) is 11.1. The Labute approximate surface area is 116 Å². The molecule has 4 nitrogen and oxygen atoms in total. The molecule has 0 spiro atoms. The topological polar surface area (TPSA) is 55.8 Å². The molecule has 4 heteroatoms. The standard InChI is InChI=1S/C16H14O4/c1-19-12-3-4-13(14(9-12)16(17)18)10-2-5-15-11(8-10)6-7-20-15/h2-5,8-9H,6-7H2,1H3,(H,17,18). The third-order valence-electron chi connectivity index (χ3n) is 3.46. The Kier molecular flexibility index (Phi) is 3.06. The number of benzene rings is 2. The molecule has 0 unspecified atom stereocenters. The Morgan fingerprint density at radius 1 is 1.25 bits per heavy atom. The van der Waals surface area contributed by atoms with Crippen LogP contribution in [0.3, 0.4) is 0 Å². The zero-order valence-corrected chi connectivity index (χ0v) is 11.1. The Hall–Kier alpha value is -2.49. The number of ether oxygens (including phenoxy) is 2. The highest BCUT2D eigenvalue weighted by molar-refractivity contribution is 5.96. The highest BCUT2D eigenvalue weighted by Gasteiger charge is 2.17. The number of aromatic carboxylic acids is 1. The van der Waals surface area contributed by atoms with Crippen LogP contribution in [-0.4, -0.2) is 24.8 Å². The van der Waals surface area contributed by atoms with Crippen molar-refractivity contribution < 1.29 is 19.4 Å². The van der Waals surface area contributed by atoms with E-state index in [-0.39, 0.29) is 5.56 Å². The summed E-state index contributed by atoms with van der Waals surface area (Å²) in [6, 6.07) is 10.9. The summed E-state index contributed by atoms with van der Waals surface area (Å²) in [6.45, 7) is 0.688. The molecule has 0 aromatic heterocycles. The lowest BCUT2D eigenvalue weighted by Gasteiger charge is -2.10. The Bertz CT molecular complexity index is 676. The average molecular weight is 270 g/mol. The predicted octanol–water partition coefficient (Wildman–Crippen LogP) is 3.00. The van der Waals surface area contributed by atoms with Crippen LogP contribution in [0.1, 0.15) is 15.9 Å². The summed E-state index contributed by atoms with van der Waals surface area (Å²) in [7, 11) is 1.52. The van der Waals surface area contributed by atoms with E-state index in [4.69, 9.17) is 9.47 Å². The van der Waals surface area contributed by atoms with Gasteiger partial charge in [0.1, 0.15) is 11.5 Å². The molecule has 0 fully saturated rings. The monoisotopic (exact) mass is 270 g/mol. The molecule has 0 atom stereocenters. The molecule has 0 bridgehead atoms. The number of hydrogen-bond acceptors (Lipinski definition) is 3. The van der Waals surface area contributed by atoms with Crippen LogP contribution in [0.2, 0.25) is 0 Å². The molecule has 0 radical (unpaired) electrons. The average Bonchev–Trinajstić information content (AvgIpc) is 2.93. The molecule has 0 saturated carbocycles. The molecule has 0 amide bonds. The number of rotatable bonds is 3. The minimum Gasteiger partial charge on any atom is -0.497 e. The van der Waals surface area contributed by atoms with Gasteiger partial charge >= 0.3 is 5.97 Å². The van der Waals surface area contributed by atoms with E-state index in [0.29, 0.717) is 17.9 Å². The van der Waals surface area contributed by atoms with Crippen molar-refractivity contribution in [3.63, 3.8) is 0 Å². The predicted molar refractivity (Wildman–Crippen MR) is 74.6 cm³/mol. The number of carboxylic acid groups (broad SMARTS) is 1. The van der Waals surface area contributed by atoms with E-state index in [1.54, 1.807) is 18.2 Å². The maximum absolute atomic E-state index is 11.4. The molecular formula is C16H14O4. The van der Waals surface area contributed by atoms with Crippen LogP contribution in [0.25, 0.3) is 11.1 Å². The van der Waals surface area contributed by atoms with Crippen LogP contribution < -0.4 is 9.47 Å². The van der Waals surface area contributed by atoms with Crippen molar-refractivity contribution in [3.8, 4) is 22.6 Å². The maximum Gasteiger partial charge on any atom is 0.336 e. The number of carboxylic acids is 1. The van der Waals surface area contributed by atoms with Crippen molar-refractivity contribution in [3.05, 3.63) is 47.5 Å². The van der Waals surface area contributed by atoms with Crippen LogP contribution in [0, 0.1) is 0 Å². The summed E-state index contributed by atoms with van der Waals surface area (Å²) in [4.78, 5) is 11.4. The third-order valence-corrected chi connectivity index (χ3v) is 3.46. The molecule has 3 rings (SSSR count). The van der Waals surface area contributed by atoms with E-state index in [2.05, 4.69) is 0 Å². The molecular weight excluding hydrogens is 256 g/mol. The van der Waals surface area contributed by atoms with E-state index in [1.807, 2.05) is 18.2 Å². The zero-order chi connectivity index (χ0) is 14.1. The number of carbonyl (C=O) groups is 1. The van der Waals surface area contributed by atoms with Gasteiger partial charge in [0.2, 0.25) is 0 Å². The summed E-state index contributed by atoms with van der Waals surface area (Å²) in [5.74, 6) is 0.463. The first kappa shape index (κ1) is 12.5. The molecule has 102 valence electrons. The third kappa shape index (κ3) is 2.09. The van der Waals surface area contributed by atoms with Crippen LogP contribution in [0.15, 0.2) is 36.4 Å². The van der Waals surface area contributed by atoms with Gasteiger partial charge in [0.15, 0.2) is 0 Å². The van der Waals surface area contributed by atoms with Crippen LogP contribution in [0.5, 0.6) is 11.5 Å². The quantitative estimate of drug-likeness (QED) is 0.931. The molecule has 1 N–H and O–H groups in total. The first-order valence-electron chi connectivity index (χ1n) is 6.36. The second-order valence-electron chi connectivity index (χ2n) is 4.64. The second kappa shape index (κ2) is 4.89. The largest absolute Gasteiger partial charge is 0.497 e. The number of fused-ring (bicyclic) bond motifs is 1. The fourth-order valence-corrected chi connectivity index (χ4v) is 2.43. The van der Waals surface area contributed by atoms with Crippen LogP contribution in [0.4, 0.5) is 0 Å². The summed E-state index contributed by atoms with van der Waals surface area (Å²) in [6.07, 6.45) is 0.863. The van der Waals surface area contributed by atoms with Crippen molar-refractivity contribution in [2.75, 3.05) is 13.7 Å². The fourth-order valence-electron chi connectivity index (χ4n) is 2.43. The van der Waals surface area contributed by atoms with Crippen molar-refractivity contribution in [2.45, 2.75) is 6.42 Å². The lowest BCUT2D eigenvalue weighted by Crippen LogP contribution is -2.00. The van der Waals surface area contributed by atoms with Crippen molar-refractivity contribution in [1.82, 2.24) is 0 Å². The van der Waals surface area contributed by atoms with E-state index < -0.39 is 5.97 Å². The van der Waals surface area contributed by atoms with Crippen molar-refractivity contribution >= 4 is 5.97 Å². The van der Waals surface area contributed by atoms with Crippen molar-refractivity contribution in [1.29, 1.82) is 0 Å².